The number of carbonyl (C=O) groups excluding carboxylic acids is 1. The van der Waals surface area contributed by atoms with Crippen molar-refractivity contribution in [3.8, 4) is 11.4 Å². The molecule has 6 nitrogen and oxygen atoms in total. The summed E-state index contributed by atoms with van der Waals surface area (Å²) in [5.41, 5.74) is -0.199. The predicted molar refractivity (Wildman–Crippen MR) is 95.5 cm³/mol. The number of nitrogens with one attached hydrogen (secondary N) is 1. The fourth-order valence-corrected chi connectivity index (χ4v) is 2.56. The van der Waals surface area contributed by atoms with E-state index < -0.39 is 23.7 Å². The summed E-state index contributed by atoms with van der Waals surface area (Å²) in [7, 11) is 0. The van der Waals surface area contributed by atoms with Gasteiger partial charge >= 0.3 is 12.3 Å². The Morgan fingerprint density at radius 2 is 1.93 bits per heavy atom. The summed E-state index contributed by atoms with van der Waals surface area (Å²) in [5.74, 6) is -0.693. The van der Waals surface area contributed by atoms with E-state index in [2.05, 4.69) is 15.4 Å². The number of hydrogen-bond acceptors (Lipinski definition) is 4. The molecular weight excluding hydrogens is 397 g/mol. The molecule has 3 rings (SSSR count). The summed E-state index contributed by atoms with van der Waals surface area (Å²) in [6.45, 7) is 0.178. The average Bonchev–Trinajstić information content (AvgIpc) is 3.07. The Morgan fingerprint density at radius 1 is 1.18 bits per heavy atom. The predicted octanol–water partition coefficient (Wildman–Crippen LogP) is 4.27. The molecule has 28 heavy (non-hydrogen) atoms. The topological polar surface area (TPSA) is 69.0 Å². The molecule has 0 aliphatic rings. The van der Waals surface area contributed by atoms with Crippen molar-refractivity contribution in [2.75, 3.05) is 6.54 Å². The summed E-state index contributed by atoms with van der Waals surface area (Å²) in [6.07, 6.45) is -1.25. The second kappa shape index (κ2) is 8.30. The van der Waals surface area contributed by atoms with Gasteiger partial charge in [-0.3, -0.25) is 4.98 Å². The molecule has 3 aromatic rings. The van der Waals surface area contributed by atoms with Crippen LogP contribution in [-0.4, -0.2) is 27.4 Å². The van der Waals surface area contributed by atoms with Crippen LogP contribution in [0.4, 0.5) is 18.0 Å². The fraction of sp³-hybridized carbons (Fsp3) is 0.167. The standard InChI is InChI=1S/C18H14ClF3N4O2/c19-13-3-5-14(6-4-13)26-16(18(20,21)22)15(11-25-26)28-17(27)24-9-7-12-2-1-8-23-10-12/h1-6,8,10-11H,7,9H2,(H,24,27). The molecule has 1 amide bonds. The van der Waals surface area contributed by atoms with Crippen LogP contribution in [0.5, 0.6) is 5.75 Å². The van der Waals surface area contributed by atoms with Crippen LogP contribution in [0.3, 0.4) is 0 Å². The van der Waals surface area contributed by atoms with Crippen molar-refractivity contribution in [2.24, 2.45) is 0 Å². The lowest BCUT2D eigenvalue weighted by Gasteiger charge is -2.13. The zero-order valence-electron chi connectivity index (χ0n) is 14.3. The van der Waals surface area contributed by atoms with Crippen molar-refractivity contribution in [1.29, 1.82) is 0 Å². The van der Waals surface area contributed by atoms with E-state index in [-0.39, 0.29) is 12.2 Å². The summed E-state index contributed by atoms with van der Waals surface area (Å²) < 4.78 is 46.1. The molecule has 0 unspecified atom stereocenters. The third-order valence-electron chi connectivity index (χ3n) is 3.68. The second-order valence-corrected chi connectivity index (χ2v) is 6.11. The Morgan fingerprint density at radius 3 is 2.57 bits per heavy atom. The van der Waals surface area contributed by atoms with Crippen LogP contribution in [0.1, 0.15) is 11.3 Å². The van der Waals surface area contributed by atoms with Gasteiger partial charge < -0.3 is 10.1 Å². The number of alkyl halides is 3. The van der Waals surface area contributed by atoms with Crippen LogP contribution in [0, 0.1) is 0 Å². The number of aromatic nitrogens is 3. The van der Waals surface area contributed by atoms with Gasteiger partial charge in [-0.2, -0.15) is 18.3 Å². The van der Waals surface area contributed by atoms with Crippen molar-refractivity contribution >= 4 is 17.7 Å². The van der Waals surface area contributed by atoms with E-state index >= 15 is 0 Å². The lowest BCUT2D eigenvalue weighted by Crippen LogP contribution is -2.29. The highest BCUT2D eigenvalue weighted by molar-refractivity contribution is 6.30. The Bertz CT molecular complexity index is 944. The monoisotopic (exact) mass is 410 g/mol. The summed E-state index contributed by atoms with van der Waals surface area (Å²) in [5, 5.41) is 6.48. The highest BCUT2D eigenvalue weighted by Gasteiger charge is 2.40. The first-order valence-electron chi connectivity index (χ1n) is 8.10. The van der Waals surface area contributed by atoms with E-state index in [1.807, 2.05) is 6.07 Å². The van der Waals surface area contributed by atoms with E-state index in [0.29, 0.717) is 16.1 Å². The van der Waals surface area contributed by atoms with Crippen molar-refractivity contribution in [3.63, 3.8) is 0 Å². The van der Waals surface area contributed by atoms with Gasteiger partial charge in [0.25, 0.3) is 0 Å². The maximum Gasteiger partial charge on any atom is 0.437 e. The average molecular weight is 411 g/mol. The number of pyridine rings is 1. The molecule has 1 N–H and O–H groups in total. The highest BCUT2D eigenvalue weighted by Crippen LogP contribution is 2.37. The normalized spacial score (nSPS) is 11.3. The molecule has 0 fully saturated rings. The van der Waals surface area contributed by atoms with Gasteiger partial charge in [0.05, 0.1) is 11.9 Å². The molecule has 0 aliphatic heterocycles. The number of halogens is 4. The maximum atomic E-state index is 13.5. The number of benzene rings is 1. The second-order valence-electron chi connectivity index (χ2n) is 5.67. The number of rotatable bonds is 5. The van der Waals surface area contributed by atoms with Crippen molar-refractivity contribution in [3.05, 3.63) is 71.3 Å². The van der Waals surface area contributed by atoms with Crippen LogP contribution in [0.2, 0.25) is 5.02 Å². The molecule has 0 saturated carbocycles. The molecule has 0 bridgehead atoms. The zero-order valence-corrected chi connectivity index (χ0v) is 15.0. The lowest BCUT2D eigenvalue weighted by molar-refractivity contribution is -0.143. The van der Waals surface area contributed by atoms with Gasteiger partial charge in [-0.1, -0.05) is 17.7 Å². The smallest absolute Gasteiger partial charge is 0.406 e. The fourth-order valence-electron chi connectivity index (χ4n) is 2.44. The Balaban J connectivity index is 1.72. The number of amides is 1. The molecule has 0 saturated heterocycles. The first kappa shape index (κ1) is 19.7. The molecule has 0 spiro atoms. The minimum Gasteiger partial charge on any atom is -0.406 e. The molecule has 146 valence electrons. The first-order valence-corrected chi connectivity index (χ1v) is 8.48. The van der Waals surface area contributed by atoms with Gasteiger partial charge in [0.2, 0.25) is 0 Å². The zero-order chi connectivity index (χ0) is 20.1. The van der Waals surface area contributed by atoms with Gasteiger partial charge in [0.1, 0.15) is 0 Å². The molecule has 0 aliphatic carbocycles. The molecule has 0 atom stereocenters. The summed E-state index contributed by atoms with van der Waals surface area (Å²) in [4.78, 5) is 15.8. The van der Waals surface area contributed by atoms with Crippen molar-refractivity contribution < 1.29 is 22.7 Å². The Kier molecular flexibility index (Phi) is 5.84. The van der Waals surface area contributed by atoms with Gasteiger partial charge in [0, 0.05) is 24.0 Å². The van der Waals surface area contributed by atoms with E-state index in [4.69, 9.17) is 16.3 Å². The summed E-state index contributed by atoms with van der Waals surface area (Å²) in [6, 6.07) is 9.19. The van der Waals surface area contributed by atoms with Crippen LogP contribution in [-0.2, 0) is 12.6 Å². The van der Waals surface area contributed by atoms with Crippen molar-refractivity contribution in [1.82, 2.24) is 20.1 Å². The van der Waals surface area contributed by atoms with Gasteiger partial charge in [-0.25, -0.2) is 9.48 Å². The van der Waals surface area contributed by atoms with Crippen molar-refractivity contribution in [2.45, 2.75) is 12.6 Å². The Hall–Kier alpha value is -3.07. The third-order valence-corrected chi connectivity index (χ3v) is 3.94. The van der Waals surface area contributed by atoms with E-state index in [9.17, 15) is 18.0 Å². The van der Waals surface area contributed by atoms with E-state index in [1.165, 1.54) is 24.3 Å². The highest BCUT2D eigenvalue weighted by atomic mass is 35.5. The molecule has 1 aromatic carbocycles. The van der Waals surface area contributed by atoms with Crippen LogP contribution in [0.25, 0.3) is 5.69 Å². The van der Waals surface area contributed by atoms with Crippen LogP contribution < -0.4 is 10.1 Å². The molecule has 2 heterocycles. The summed E-state index contributed by atoms with van der Waals surface area (Å²) >= 11 is 5.76. The molecule has 0 radical (unpaired) electrons. The first-order chi connectivity index (χ1) is 13.3. The van der Waals surface area contributed by atoms with Gasteiger partial charge in [-0.15, -0.1) is 0 Å². The molecule has 2 aromatic heterocycles. The minimum atomic E-state index is -4.79. The number of ether oxygens (including phenoxy) is 1. The maximum absolute atomic E-state index is 13.5. The SMILES string of the molecule is O=C(NCCc1cccnc1)Oc1cnn(-c2ccc(Cl)cc2)c1C(F)(F)F. The molecular formula is C18H14ClF3N4O2. The van der Waals surface area contributed by atoms with E-state index in [0.717, 1.165) is 11.8 Å². The molecule has 10 heteroatoms. The third kappa shape index (κ3) is 4.80. The number of hydrogen-bond donors (Lipinski definition) is 1. The van der Waals surface area contributed by atoms with Crippen LogP contribution in [0.15, 0.2) is 55.0 Å². The quantitative estimate of drug-likeness (QED) is 0.682. The van der Waals surface area contributed by atoms with Crippen LogP contribution >= 0.6 is 11.6 Å². The van der Waals surface area contributed by atoms with Gasteiger partial charge in [0.15, 0.2) is 11.4 Å². The lowest BCUT2D eigenvalue weighted by atomic mass is 10.2. The Labute approximate surface area is 162 Å². The number of nitrogens with zero attached hydrogens (tertiary/aromatic N) is 3. The number of carbonyl (C=O) groups is 1. The minimum absolute atomic E-state index is 0.128. The van der Waals surface area contributed by atoms with Gasteiger partial charge in [-0.05, 0) is 42.3 Å². The van der Waals surface area contributed by atoms with E-state index in [1.54, 1.807) is 18.5 Å². The largest absolute Gasteiger partial charge is 0.437 e.